The van der Waals surface area contributed by atoms with Gasteiger partial charge in [0, 0.05) is 0 Å². The van der Waals surface area contributed by atoms with E-state index in [4.69, 9.17) is 16.3 Å². The van der Waals surface area contributed by atoms with Crippen LogP contribution in [0, 0.1) is 0 Å². The average Bonchev–Trinajstić information content (AvgIpc) is 2.19. The molecule has 1 aromatic rings. The Morgan fingerprint density at radius 2 is 2.33 bits per heavy atom. The molecule has 78 valence electrons. The van der Waals surface area contributed by atoms with Crippen molar-refractivity contribution in [3.63, 3.8) is 0 Å². The number of ether oxygens (including phenoxy) is 1. The Kier molecular flexibility index (Phi) is 2.32. The number of nitrogens with one attached hydrogen (secondary N) is 1. The van der Waals surface area contributed by atoms with E-state index in [9.17, 15) is 9.59 Å². The van der Waals surface area contributed by atoms with Crippen molar-refractivity contribution in [1.29, 1.82) is 0 Å². The molecule has 1 aromatic heterocycles. The van der Waals surface area contributed by atoms with E-state index in [1.54, 1.807) is 13.0 Å². The number of pyridine rings is 1. The highest BCUT2D eigenvalue weighted by Gasteiger charge is 2.25. The minimum Gasteiger partial charge on any atom is -0.477 e. The number of halogens is 1. The van der Waals surface area contributed by atoms with Crippen molar-refractivity contribution in [2.75, 3.05) is 5.32 Å². The smallest absolute Gasteiger partial charge is 0.270 e. The number of carbonyl (C=O) groups excluding carboxylic acids is 2. The Balaban J connectivity index is 2.41. The van der Waals surface area contributed by atoms with E-state index in [0.717, 1.165) is 0 Å². The summed E-state index contributed by atoms with van der Waals surface area (Å²) in [6, 6.07) is 2.99. The van der Waals surface area contributed by atoms with Gasteiger partial charge in [-0.3, -0.25) is 9.59 Å². The third-order valence-corrected chi connectivity index (χ3v) is 2.17. The average molecular weight is 227 g/mol. The van der Waals surface area contributed by atoms with Gasteiger partial charge in [0.25, 0.3) is 11.1 Å². The standard InChI is InChI=1S/C9H7ClN2O3/c1-4-9(14)12-8-6(15-4)3-2-5(11-8)7(10)13/h2-4H,1H3,(H,11,12,14). The first kappa shape index (κ1) is 9.92. The first-order valence-electron chi connectivity index (χ1n) is 4.26. The second-order valence-corrected chi connectivity index (χ2v) is 3.41. The van der Waals surface area contributed by atoms with Crippen LogP contribution in [0.2, 0.25) is 0 Å². The molecule has 0 aliphatic carbocycles. The minimum absolute atomic E-state index is 0.0777. The molecular weight excluding hydrogens is 220 g/mol. The van der Waals surface area contributed by atoms with Gasteiger partial charge in [-0.25, -0.2) is 4.98 Å². The van der Waals surface area contributed by atoms with E-state index in [0.29, 0.717) is 5.75 Å². The van der Waals surface area contributed by atoms with Crippen molar-refractivity contribution in [2.24, 2.45) is 0 Å². The Morgan fingerprint density at radius 3 is 3.00 bits per heavy atom. The largest absolute Gasteiger partial charge is 0.477 e. The highest BCUT2D eigenvalue weighted by molar-refractivity contribution is 6.67. The van der Waals surface area contributed by atoms with Gasteiger partial charge < -0.3 is 10.1 Å². The number of fused-ring (bicyclic) bond motifs is 1. The normalized spacial score (nSPS) is 18.8. The highest BCUT2D eigenvalue weighted by atomic mass is 35.5. The molecule has 1 amide bonds. The second-order valence-electron chi connectivity index (χ2n) is 3.07. The number of carbonyl (C=O) groups is 2. The maximum atomic E-state index is 11.2. The van der Waals surface area contributed by atoms with E-state index in [1.165, 1.54) is 6.07 Å². The summed E-state index contributed by atoms with van der Waals surface area (Å²) in [6.45, 7) is 1.62. The Hall–Kier alpha value is -1.62. The lowest BCUT2D eigenvalue weighted by Crippen LogP contribution is -2.35. The number of hydrogen-bond acceptors (Lipinski definition) is 4. The fourth-order valence-corrected chi connectivity index (χ4v) is 1.31. The Morgan fingerprint density at radius 1 is 1.60 bits per heavy atom. The summed E-state index contributed by atoms with van der Waals surface area (Å²) in [4.78, 5) is 25.9. The van der Waals surface area contributed by atoms with E-state index in [1.807, 2.05) is 0 Å². The van der Waals surface area contributed by atoms with E-state index in [-0.39, 0.29) is 17.4 Å². The van der Waals surface area contributed by atoms with Gasteiger partial charge in [0.2, 0.25) is 0 Å². The van der Waals surface area contributed by atoms with Gasteiger partial charge in [-0.05, 0) is 30.7 Å². The monoisotopic (exact) mass is 226 g/mol. The third-order valence-electron chi connectivity index (χ3n) is 1.97. The molecule has 2 heterocycles. The summed E-state index contributed by atoms with van der Waals surface area (Å²) in [6.07, 6.45) is -0.558. The fourth-order valence-electron chi connectivity index (χ4n) is 1.20. The minimum atomic E-state index is -0.675. The molecule has 0 radical (unpaired) electrons. The molecule has 1 unspecified atom stereocenters. The highest BCUT2D eigenvalue weighted by Crippen LogP contribution is 2.27. The van der Waals surface area contributed by atoms with Gasteiger partial charge in [0.1, 0.15) is 5.69 Å². The van der Waals surface area contributed by atoms with Crippen LogP contribution in [-0.2, 0) is 4.79 Å². The summed E-state index contributed by atoms with van der Waals surface area (Å²) in [5.74, 6) is 0.363. The predicted octanol–water partition coefficient (Wildman–Crippen LogP) is 1.18. The molecule has 0 saturated carbocycles. The van der Waals surface area contributed by atoms with Crippen LogP contribution in [0.25, 0.3) is 0 Å². The molecule has 0 fully saturated rings. The summed E-state index contributed by atoms with van der Waals surface area (Å²) in [5, 5.41) is 1.84. The van der Waals surface area contributed by atoms with Crippen LogP contribution >= 0.6 is 11.6 Å². The van der Waals surface area contributed by atoms with Gasteiger partial charge in [0.15, 0.2) is 17.7 Å². The van der Waals surface area contributed by atoms with Gasteiger partial charge in [-0.2, -0.15) is 0 Å². The summed E-state index contributed by atoms with van der Waals surface area (Å²) in [5.41, 5.74) is 0.0777. The number of rotatable bonds is 1. The molecule has 1 aliphatic rings. The van der Waals surface area contributed by atoms with E-state index < -0.39 is 11.3 Å². The summed E-state index contributed by atoms with van der Waals surface area (Å²) < 4.78 is 5.25. The van der Waals surface area contributed by atoms with Crippen molar-refractivity contribution >= 4 is 28.6 Å². The lowest BCUT2D eigenvalue weighted by Gasteiger charge is -2.22. The predicted molar refractivity (Wildman–Crippen MR) is 53.1 cm³/mol. The van der Waals surface area contributed by atoms with Crippen LogP contribution < -0.4 is 10.1 Å². The quantitative estimate of drug-likeness (QED) is 0.730. The van der Waals surface area contributed by atoms with Crippen molar-refractivity contribution in [3.05, 3.63) is 17.8 Å². The number of nitrogens with zero attached hydrogens (tertiary/aromatic N) is 1. The van der Waals surface area contributed by atoms with Gasteiger partial charge >= 0.3 is 0 Å². The van der Waals surface area contributed by atoms with Crippen LogP contribution in [0.1, 0.15) is 17.4 Å². The molecule has 6 heteroatoms. The molecular formula is C9H7ClN2O3. The summed E-state index contributed by atoms with van der Waals surface area (Å²) in [7, 11) is 0. The van der Waals surface area contributed by atoms with Crippen molar-refractivity contribution < 1.29 is 14.3 Å². The fraction of sp³-hybridized carbons (Fsp3) is 0.222. The van der Waals surface area contributed by atoms with Crippen molar-refractivity contribution in [2.45, 2.75) is 13.0 Å². The van der Waals surface area contributed by atoms with Gasteiger partial charge in [-0.15, -0.1) is 0 Å². The first-order chi connectivity index (χ1) is 7.08. The molecule has 1 atom stereocenters. The molecule has 5 nitrogen and oxygen atoms in total. The van der Waals surface area contributed by atoms with Gasteiger partial charge in [-0.1, -0.05) is 0 Å². The molecule has 0 spiro atoms. The molecule has 1 aliphatic heterocycles. The van der Waals surface area contributed by atoms with Crippen molar-refractivity contribution in [3.8, 4) is 5.75 Å². The molecule has 0 saturated heterocycles. The first-order valence-corrected chi connectivity index (χ1v) is 4.64. The maximum absolute atomic E-state index is 11.2. The van der Waals surface area contributed by atoms with Crippen LogP contribution in [0.5, 0.6) is 5.75 Å². The SMILES string of the molecule is CC1Oc2ccc(C(=O)Cl)nc2NC1=O. The zero-order valence-electron chi connectivity index (χ0n) is 7.78. The zero-order valence-corrected chi connectivity index (χ0v) is 8.54. The summed E-state index contributed by atoms with van der Waals surface area (Å²) >= 11 is 5.26. The molecule has 0 aromatic carbocycles. The van der Waals surface area contributed by atoms with Gasteiger partial charge in [0.05, 0.1) is 0 Å². The lowest BCUT2D eigenvalue weighted by atomic mass is 10.2. The topological polar surface area (TPSA) is 68.3 Å². The van der Waals surface area contributed by atoms with E-state index >= 15 is 0 Å². The Labute approximate surface area is 90.4 Å². The number of aromatic nitrogens is 1. The van der Waals surface area contributed by atoms with Crippen LogP contribution in [0.15, 0.2) is 12.1 Å². The molecule has 15 heavy (non-hydrogen) atoms. The number of amides is 1. The number of hydrogen-bond donors (Lipinski definition) is 1. The van der Waals surface area contributed by atoms with E-state index in [2.05, 4.69) is 10.3 Å². The van der Waals surface area contributed by atoms with Crippen LogP contribution in [0.3, 0.4) is 0 Å². The van der Waals surface area contributed by atoms with Crippen LogP contribution in [-0.4, -0.2) is 22.2 Å². The second kappa shape index (κ2) is 3.51. The maximum Gasteiger partial charge on any atom is 0.270 e. The third kappa shape index (κ3) is 1.78. The molecule has 0 bridgehead atoms. The number of anilines is 1. The van der Waals surface area contributed by atoms with Crippen molar-refractivity contribution in [1.82, 2.24) is 4.98 Å². The zero-order chi connectivity index (χ0) is 11.0. The van der Waals surface area contributed by atoms with Crippen LogP contribution in [0.4, 0.5) is 5.82 Å². The molecule has 2 rings (SSSR count). The molecule has 1 N–H and O–H groups in total. The lowest BCUT2D eigenvalue weighted by molar-refractivity contribution is -0.122. The Bertz CT molecular complexity index is 447.